The smallest absolute Gasteiger partial charge is 0.0856 e. The van der Waals surface area contributed by atoms with Crippen molar-refractivity contribution in [1.82, 2.24) is 19.9 Å². The van der Waals surface area contributed by atoms with Crippen molar-refractivity contribution in [2.75, 3.05) is 13.1 Å². The molecule has 0 unspecified atom stereocenters. The van der Waals surface area contributed by atoms with E-state index in [2.05, 4.69) is 69.7 Å². The fraction of sp³-hybridized carbons (Fsp3) is 0.462. The number of hydrogen-bond acceptors (Lipinski definition) is 3. The summed E-state index contributed by atoms with van der Waals surface area (Å²) < 4.78 is 0. The maximum atomic E-state index is 4.21. The average Bonchev–Trinajstić information content (AvgIpc) is 3.43. The number of rotatable bonds is 8. The molecule has 1 aliphatic heterocycles. The van der Waals surface area contributed by atoms with E-state index in [1.165, 1.54) is 69.2 Å². The van der Waals surface area contributed by atoms with Crippen LogP contribution >= 0.6 is 0 Å². The van der Waals surface area contributed by atoms with Crippen LogP contribution in [-0.2, 0) is 13.0 Å². The molecule has 0 N–H and O–H groups in total. The minimum absolute atomic E-state index is 0.559. The van der Waals surface area contributed by atoms with Crippen molar-refractivity contribution in [1.29, 1.82) is 0 Å². The lowest BCUT2D eigenvalue weighted by Gasteiger charge is -2.42. The van der Waals surface area contributed by atoms with Crippen LogP contribution in [0.25, 0.3) is 5.69 Å². The Balaban J connectivity index is 1.18. The van der Waals surface area contributed by atoms with Gasteiger partial charge in [-0.05, 0) is 79.8 Å². The molecule has 3 aromatic rings. The molecule has 0 amide bonds. The lowest BCUT2D eigenvalue weighted by molar-refractivity contribution is 0.0775. The average molecular weight is 401 g/mol. The molecule has 0 radical (unpaired) electrons. The molecule has 2 heterocycles. The summed E-state index contributed by atoms with van der Waals surface area (Å²) in [5, 5.41) is 8.42. The van der Waals surface area contributed by atoms with E-state index in [0.29, 0.717) is 5.41 Å². The molecule has 156 valence electrons. The predicted octanol–water partition coefficient (Wildman–Crippen LogP) is 5.28. The van der Waals surface area contributed by atoms with Gasteiger partial charge in [0.15, 0.2) is 0 Å². The third-order valence-corrected chi connectivity index (χ3v) is 7.11. The third kappa shape index (κ3) is 4.81. The summed E-state index contributed by atoms with van der Waals surface area (Å²) >= 11 is 0. The maximum Gasteiger partial charge on any atom is 0.0856 e. The lowest BCUT2D eigenvalue weighted by atomic mass is 9.70. The Morgan fingerprint density at radius 1 is 0.833 bits per heavy atom. The normalized spacial score (nSPS) is 19.1. The van der Waals surface area contributed by atoms with Crippen molar-refractivity contribution < 1.29 is 0 Å². The Morgan fingerprint density at radius 3 is 2.20 bits per heavy atom. The monoisotopic (exact) mass is 400 g/mol. The Kier molecular flexibility index (Phi) is 5.67. The first-order valence-electron chi connectivity index (χ1n) is 11.5. The highest BCUT2D eigenvalue weighted by Crippen LogP contribution is 2.48. The van der Waals surface area contributed by atoms with E-state index in [-0.39, 0.29) is 0 Å². The molecule has 1 saturated carbocycles. The van der Waals surface area contributed by atoms with Crippen molar-refractivity contribution in [2.45, 2.75) is 51.5 Å². The van der Waals surface area contributed by atoms with E-state index < -0.39 is 0 Å². The number of aryl methyl sites for hydroxylation is 1. The van der Waals surface area contributed by atoms with Gasteiger partial charge in [0, 0.05) is 6.54 Å². The van der Waals surface area contributed by atoms with Crippen LogP contribution in [0.2, 0.25) is 0 Å². The van der Waals surface area contributed by atoms with Gasteiger partial charge in [0.05, 0.1) is 18.1 Å². The summed E-state index contributed by atoms with van der Waals surface area (Å²) in [5.74, 6) is 1.01. The molecule has 0 bridgehead atoms. The van der Waals surface area contributed by atoms with E-state index in [1.54, 1.807) is 17.2 Å². The van der Waals surface area contributed by atoms with Gasteiger partial charge in [0.1, 0.15) is 0 Å². The molecular weight excluding hydrogens is 368 g/mol. The Labute approximate surface area is 179 Å². The van der Waals surface area contributed by atoms with Gasteiger partial charge in [-0.1, -0.05) is 55.3 Å². The molecule has 4 heteroatoms. The Morgan fingerprint density at radius 2 is 1.53 bits per heavy atom. The molecule has 5 rings (SSSR count). The fourth-order valence-corrected chi connectivity index (χ4v) is 5.07. The first kappa shape index (κ1) is 19.5. The van der Waals surface area contributed by atoms with Crippen LogP contribution in [0.5, 0.6) is 0 Å². The minimum atomic E-state index is 0.559. The van der Waals surface area contributed by atoms with Crippen LogP contribution in [0, 0.1) is 11.3 Å². The van der Waals surface area contributed by atoms with E-state index in [4.69, 9.17) is 0 Å². The van der Waals surface area contributed by atoms with Gasteiger partial charge in [-0.3, -0.25) is 4.90 Å². The number of aromatic nitrogens is 3. The van der Waals surface area contributed by atoms with E-state index >= 15 is 0 Å². The molecule has 2 aliphatic rings. The zero-order chi connectivity index (χ0) is 20.2. The van der Waals surface area contributed by atoms with Gasteiger partial charge in [0.2, 0.25) is 0 Å². The van der Waals surface area contributed by atoms with Gasteiger partial charge < -0.3 is 0 Å². The third-order valence-electron chi connectivity index (χ3n) is 7.11. The number of nitrogens with zero attached hydrogens (tertiary/aromatic N) is 4. The predicted molar refractivity (Wildman–Crippen MR) is 120 cm³/mol. The molecule has 4 nitrogen and oxygen atoms in total. The summed E-state index contributed by atoms with van der Waals surface area (Å²) in [7, 11) is 0. The van der Waals surface area contributed by atoms with Crippen molar-refractivity contribution in [3.05, 3.63) is 78.1 Å². The van der Waals surface area contributed by atoms with E-state index in [0.717, 1.165) is 18.2 Å². The quantitative estimate of drug-likeness (QED) is 0.516. The standard InChI is InChI=1S/C26H32N4/c1-2-4-22(5-3-1)12-13-26(20-23-6-7-23)14-18-29(19-15-26)21-24-8-10-25(11-9-24)30-27-16-17-28-30/h1-5,8-11,16-17,23H,6-7,12-15,18-21H2. The summed E-state index contributed by atoms with van der Waals surface area (Å²) in [4.78, 5) is 4.32. The van der Waals surface area contributed by atoms with Crippen LogP contribution in [0.3, 0.4) is 0 Å². The largest absolute Gasteiger partial charge is 0.299 e. The second-order valence-electron chi connectivity index (χ2n) is 9.39. The van der Waals surface area contributed by atoms with Gasteiger partial charge in [-0.15, -0.1) is 0 Å². The number of hydrogen-bond donors (Lipinski definition) is 0. The van der Waals surface area contributed by atoms with Crippen molar-refractivity contribution >= 4 is 0 Å². The summed E-state index contributed by atoms with van der Waals surface area (Å²) in [6.07, 6.45) is 13.1. The van der Waals surface area contributed by atoms with Crippen LogP contribution in [0.4, 0.5) is 0 Å². The first-order valence-corrected chi connectivity index (χ1v) is 11.5. The first-order chi connectivity index (χ1) is 14.8. The van der Waals surface area contributed by atoms with Crippen LogP contribution < -0.4 is 0 Å². The summed E-state index contributed by atoms with van der Waals surface area (Å²) in [6.45, 7) is 3.50. The van der Waals surface area contributed by atoms with Gasteiger partial charge in [-0.25, -0.2) is 0 Å². The molecular formula is C26H32N4. The zero-order valence-electron chi connectivity index (χ0n) is 17.8. The molecule has 0 atom stereocenters. The molecule has 0 spiro atoms. The van der Waals surface area contributed by atoms with Crippen molar-refractivity contribution in [2.24, 2.45) is 11.3 Å². The van der Waals surface area contributed by atoms with Crippen LogP contribution in [-0.4, -0.2) is 33.0 Å². The number of piperidine rings is 1. The minimum Gasteiger partial charge on any atom is -0.299 e. The van der Waals surface area contributed by atoms with Crippen molar-refractivity contribution in [3.63, 3.8) is 0 Å². The maximum absolute atomic E-state index is 4.21. The summed E-state index contributed by atoms with van der Waals surface area (Å²) in [5.41, 5.74) is 4.46. The lowest BCUT2D eigenvalue weighted by Crippen LogP contribution is -2.40. The van der Waals surface area contributed by atoms with Crippen LogP contribution in [0.1, 0.15) is 49.7 Å². The highest BCUT2D eigenvalue weighted by atomic mass is 15.5. The second-order valence-corrected chi connectivity index (χ2v) is 9.39. The van der Waals surface area contributed by atoms with Crippen molar-refractivity contribution in [3.8, 4) is 5.69 Å². The SMILES string of the molecule is c1ccc(CCC2(CC3CC3)CCN(Cc3ccc(-n4nccn4)cc3)CC2)cc1. The molecule has 1 aromatic heterocycles. The molecule has 1 aliphatic carbocycles. The highest BCUT2D eigenvalue weighted by molar-refractivity contribution is 5.32. The van der Waals surface area contributed by atoms with E-state index in [1.807, 2.05) is 0 Å². The number of likely N-dealkylation sites (tertiary alicyclic amines) is 1. The molecule has 30 heavy (non-hydrogen) atoms. The van der Waals surface area contributed by atoms with Crippen LogP contribution in [0.15, 0.2) is 67.0 Å². The highest BCUT2D eigenvalue weighted by Gasteiger charge is 2.39. The topological polar surface area (TPSA) is 34.0 Å². The molecule has 2 fully saturated rings. The Bertz CT molecular complexity index is 905. The van der Waals surface area contributed by atoms with Gasteiger partial charge >= 0.3 is 0 Å². The van der Waals surface area contributed by atoms with Gasteiger partial charge in [-0.2, -0.15) is 15.0 Å². The van der Waals surface area contributed by atoms with Gasteiger partial charge in [0.25, 0.3) is 0 Å². The number of benzene rings is 2. The zero-order valence-corrected chi connectivity index (χ0v) is 17.8. The molecule has 2 aromatic carbocycles. The summed E-state index contributed by atoms with van der Waals surface area (Å²) in [6, 6.07) is 19.8. The fourth-order valence-electron chi connectivity index (χ4n) is 5.07. The molecule has 1 saturated heterocycles. The second kappa shape index (κ2) is 8.73. The van der Waals surface area contributed by atoms with E-state index in [9.17, 15) is 0 Å². The Hall–Kier alpha value is -2.46.